The Morgan fingerprint density at radius 3 is 1.76 bits per heavy atom. The van der Waals surface area contributed by atoms with Gasteiger partial charge in [-0.15, -0.1) is 0 Å². The molecule has 0 aliphatic carbocycles. The molecule has 0 unspecified atom stereocenters. The SMILES string of the molecule is CC.CC.CSCC1CCN(CN2CCN(C)CC2)CC1. The Hall–Kier alpha value is 0.230. The molecule has 0 aromatic heterocycles. The maximum atomic E-state index is 2.65. The average molecular weight is 318 g/mol. The van der Waals surface area contributed by atoms with Crippen LogP contribution in [0, 0.1) is 5.92 Å². The largest absolute Gasteiger partial charge is 0.304 e. The summed E-state index contributed by atoms with van der Waals surface area (Å²) in [6.07, 6.45) is 5.06. The minimum atomic E-state index is 0.980. The first-order valence-corrected chi connectivity index (χ1v) is 10.3. The van der Waals surface area contributed by atoms with Gasteiger partial charge in [0, 0.05) is 26.2 Å². The van der Waals surface area contributed by atoms with E-state index in [1.807, 2.05) is 39.5 Å². The molecule has 0 spiro atoms. The highest BCUT2D eigenvalue weighted by molar-refractivity contribution is 7.98. The molecule has 2 saturated heterocycles. The van der Waals surface area contributed by atoms with Gasteiger partial charge in [-0.05, 0) is 50.9 Å². The van der Waals surface area contributed by atoms with E-state index in [1.54, 1.807) is 0 Å². The fraction of sp³-hybridized carbons (Fsp3) is 1.00. The number of likely N-dealkylation sites (tertiary alicyclic amines) is 1. The predicted octanol–water partition coefficient (Wildman–Crippen LogP) is 3.32. The molecule has 0 bridgehead atoms. The van der Waals surface area contributed by atoms with Crippen LogP contribution < -0.4 is 0 Å². The van der Waals surface area contributed by atoms with Gasteiger partial charge in [0.25, 0.3) is 0 Å². The number of piperidine rings is 1. The highest BCUT2D eigenvalue weighted by Crippen LogP contribution is 2.20. The number of piperazine rings is 1. The smallest absolute Gasteiger partial charge is 0.0507 e. The Morgan fingerprint density at radius 2 is 1.29 bits per heavy atom. The van der Waals surface area contributed by atoms with Crippen molar-refractivity contribution in [3.63, 3.8) is 0 Å². The van der Waals surface area contributed by atoms with Gasteiger partial charge in [0.1, 0.15) is 0 Å². The van der Waals surface area contributed by atoms with Crippen molar-refractivity contribution >= 4 is 11.8 Å². The van der Waals surface area contributed by atoms with Crippen molar-refractivity contribution in [2.45, 2.75) is 40.5 Å². The molecule has 2 heterocycles. The second-order valence-electron chi connectivity index (χ2n) is 5.58. The van der Waals surface area contributed by atoms with Gasteiger partial charge in [-0.3, -0.25) is 9.80 Å². The highest BCUT2D eigenvalue weighted by Gasteiger charge is 2.21. The Balaban J connectivity index is 0.000000921. The van der Waals surface area contributed by atoms with Crippen molar-refractivity contribution < 1.29 is 0 Å². The summed E-state index contributed by atoms with van der Waals surface area (Å²) in [6.45, 7) is 16.8. The summed E-state index contributed by atoms with van der Waals surface area (Å²) < 4.78 is 0. The normalized spacial score (nSPS) is 22.0. The topological polar surface area (TPSA) is 9.72 Å². The summed E-state index contributed by atoms with van der Waals surface area (Å²) in [6, 6.07) is 0. The number of hydrogen-bond donors (Lipinski definition) is 0. The van der Waals surface area contributed by atoms with Crippen LogP contribution in [-0.4, -0.2) is 79.7 Å². The molecular formula is C17H39N3S. The number of nitrogens with zero attached hydrogens (tertiary/aromatic N) is 3. The maximum Gasteiger partial charge on any atom is 0.0507 e. The molecule has 2 aliphatic heterocycles. The molecule has 0 saturated carbocycles. The lowest BCUT2D eigenvalue weighted by atomic mass is 9.99. The lowest BCUT2D eigenvalue weighted by Crippen LogP contribution is -2.50. The lowest BCUT2D eigenvalue weighted by molar-refractivity contribution is 0.0654. The summed E-state index contributed by atoms with van der Waals surface area (Å²) in [7, 11) is 2.23. The maximum absolute atomic E-state index is 2.65. The molecule has 2 rings (SSSR count). The van der Waals surface area contributed by atoms with E-state index >= 15 is 0 Å². The molecule has 128 valence electrons. The van der Waals surface area contributed by atoms with E-state index in [-0.39, 0.29) is 0 Å². The molecular weight excluding hydrogens is 278 g/mol. The molecule has 0 amide bonds. The van der Waals surface area contributed by atoms with Crippen LogP contribution in [-0.2, 0) is 0 Å². The molecule has 3 nitrogen and oxygen atoms in total. The first kappa shape index (κ1) is 21.2. The molecule has 0 N–H and O–H groups in total. The van der Waals surface area contributed by atoms with E-state index in [0.717, 1.165) is 5.92 Å². The molecule has 2 fully saturated rings. The average Bonchev–Trinajstić information content (AvgIpc) is 2.56. The van der Waals surface area contributed by atoms with Crippen molar-refractivity contribution in [1.82, 2.24) is 14.7 Å². The fourth-order valence-electron chi connectivity index (χ4n) is 2.80. The van der Waals surface area contributed by atoms with Gasteiger partial charge in [-0.2, -0.15) is 11.8 Å². The van der Waals surface area contributed by atoms with Crippen LogP contribution in [0.4, 0.5) is 0 Å². The first-order valence-electron chi connectivity index (χ1n) is 8.90. The van der Waals surface area contributed by atoms with E-state index in [1.165, 1.54) is 64.5 Å². The molecule has 2 aliphatic rings. The van der Waals surface area contributed by atoms with Gasteiger partial charge >= 0.3 is 0 Å². The summed E-state index contributed by atoms with van der Waals surface area (Å²) in [5.74, 6) is 2.34. The molecule has 0 radical (unpaired) electrons. The van der Waals surface area contributed by atoms with E-state index in [9.17, 15) is 0 Å². The predicted molar refractivity (Wildman–Crippen MR) is 99.3 cm³/mol. The van der Waals surface area contributed by atoms with Crippen molar-refractivity contribution in [3.05, 3.63) is 0 Å². The zero-order chi connectivity index (χ0) is 16.1. The van der Waals surface area contributed by atoms with Crippen molar-refractivity contribution in [3.8, 4) is 0 Å². The van der Waals surface area contributed by atoms with Gasteiger partial charge in [0.05, 0.1) is 6.67 Å². The van der Waals surface area contributed by atoms with E-state index in [4.69, 9.17) is 0 Å². The monoisotopic (exact) mass is 317 g/mol. The third-order valence-corrected chi connectivity index (χ3v) is 4.91. The third kappa shape index (κ3) is 9.07. The van der Waals surface area contributed by atoms with Gasteiger partial charge < -0.3 is 4.90 Å². The molecule has 0 aromatic rings. The second-order valence-corrected chi connectivity index (χ2v) is 6.49. The van der Waals surface area contributed by atoms with Crippen LogP contribution in [0.1, 0.15) is 40.5 Å². The standard InChI is InChI=1S/C13H27N3S.2C2H6/c1-14-7-9-16(10-8-14)12-15-5-3-13(4-6-15)11-17-2;2*1-2/h13H,3-12H2,1-2H3;2*1-2H3. The van der Waals surface area contributed by atoms with Crippen LogP contribution >= 0.6 is 11.8 Å². The summed E-state index contributed by atoms with van der Waals surface area (Å²) in [5.41, 5.74) is 0. The number of likely N-dealkylation sites (N-methyl/N-ethyl adjacent to an activating group) is 1. The van der Waals surface area contributed by atoms with Crippen LogP contribution in [0.3, 0.4) is 0 Å². The molecule has 0 atom stereocenters. The van der Waals surface area contributed by atoms with Crippen LogP contribution in [0.2, 0.25) is 0 Å². The summed E-state index contributed by atoms with van der Waals surface area (Å²) in [4.78, 5) is 7.71. The van der Waals surface area contributed by atoms with Gasteiger partial charge in [-0.25, -0.2) is 0 Å². The minimum Gasteiger partial charge on any atom is -0.304 e. The molecule has 0 aromatic carbocycles. The molecule has 4 heteroatoms. The minimum absolute atomic E-state index is 0.980. The Kier molecular flexibility index (Phi) is 14.0. The van der Waals surface area contributed by atoms with E-state index in [0.29, 0.717) is 0 Å². The number of thioether (sulfide) groups is 1. The summed E-state index contributed by atoms with van der Waals surface area (Å²) >= 11 is 2.01. The summed E-state index contributed by atoms with van der Waals surface area (Å²) in [5, 5.41) is 0. The van der Waals surface area contributed by atoms with E-state index in [2.05, 4.69) is 28.0 Å². The first-order chi connectivity index (χ1) is 10.3. The van der Waals surface area contributed by atoms with Crippen molar-refractivity contribution in [2.24, 2.45) is 5.92 Å². The third-order valence-electron chi connectivity index (χ3n) is 4.11. The zero-order valence-corrected chi connectivity index (χ0v) is 16.2. The number of hydrogen-bond acceptors (Lipinski definition) is 4. The Morgan fingerprint density at radius 1 is 0.810 bits per heavy atom. The van der Waals surface area contributed by atoms with Gasteiger partial charge in [0.2, 0.25) is 0 Å². The Labute approximate surface area is 138 Å². The zero-order valence-electron chi connectivity index (χ0n) is 15.4. The second kappa shape index (κ2) is 13.9. The fourth-order valence-corrected chi connectivity index (χ4v) is 3.61. The van der Waals surface area contributed by atoms with Crippen molar-refractivity contribution in [2.75, 3.05) is 65.0 Å². The van der Waals surface area contributed by atoms with Gasteiger partial charge in [0.15, 0.2) is 0 Å². The number of rotatable bonds is 4. The lowest BCUT2D eigenvalue weighted by Gasteiger charge is -2.38. The highest BCUT2D eigenvalue weighted by atomic mass is 32.2. The van der Waals surface area contributed by atoms with Gasteiger partial charge in [-0.1, -0.05) is 27.7 Å². The Bertz CT molecular complexity index is 210. The molecule has 21 heavy (non-hydrogen) atoms. The van der Waals surface area contributed by atoms with Crippen molar-refractivity contribution in [1.29, 1.82) is 0 Å². The van der Waals surface area contributed by atoms with Crippen LogP contribution in [0.15, 0.2) is 0 Å². The van der Waals surface area contributed by atoms with E-state index < -0.39 is 0 Å². The van der Waals surface area contributed by atoms with Crippen LogP contribution in [0.5, 0.6) is 0 Å². The van der Waals surface area contributed by atoms with Crippen LogP contribution in [0.25, 0.3) is 0 Å². The quantitative estimate of drug-likeness (QED) is 0.786.